The molecule has 2 heterocycles. The van der Waals surface area contributed by atoms with Crippen LogP contribution in [0.1, 0.15) is 44.3 Å². The van der Waals surface area contributed by atoms with Crippen molar-refractivity contribution in [1.82, 2.24) is 19.3 Å². The van der Waals surface area contributed by atoms with Gasteiger partial charge in [-0.05, 0) is 19.8 Å². The molecule has 0 spiro atoms. The normalized spacial score (nSPS) is 19.3. The van der Waals surface area contributed by atoms with Crippen LogP contribution in [0.2, 0.25) is 0 Å². The molecular formula is C14H24N4O4S. The smallest absolute Gasteiger partial charge is 0.239 e. The van der Waals surface area contributed by atoms with Crippen molar-refractivity contribution in [1.29, 1.82) is 0 Å². The van der Waals surface area contributed by atoms with Gasteiger partial charge in [-0.3, -0.25) is 4.79 Å². The summed E-state index contributed by atoms with van der Waals surface area (Å²) in [5.74, 6) is 0.214. The van der Waals surface area contributed by atoms with E-state index in [1.54, 1.807) is 25.7 Å². The lowest BCUT2D eigenvalue weighted by Crippen LogP contribution is -2.45. The van der Waals surface area contributed by atoms with Gasteiger partial charge in [-0.2, -0.15) is 4.98 Å². The van der Waals surface area contributed by atoms with E-state index in [0.717, 1.165) is 12.8 Å². The molecule has 1 aliphatic heterocycles. The first-order valence-corrected chi connectivity index (χ1v) is 9.54. The number of aromatic nitrogens is 2. The van der Waals surface area contributed by atoms with Crippen molar-refractivity contribution in [2.45, 2.75) is 39.5 Å². The second kappa shape index (κ2) is 7.39. The Hall–Kier alpha value is -1.48. The Morgan fingerprint density at radius 1 is 1.39 bits per heavy atom. The molecule has 0 unspecified atom stereocenters. The molecule has 0 radical (unpaired) electrons. The van der Waals surface area contributed by atoms with E-state index in [9.17, 15) is 13.2 Å². The molecule has 1 aromatic heterocycles. The number of nitrogens with zero attached hydrogens (tertiary/aromatic N) is 4. The molecule has 23 heavy (non-hydrogen) atoms. The number of sulfonamides is 1. The summed E-state index contributed by atoms with van der Waals surface area (Å²) in [5.41, 5.74) is 0. The van der Waals surface area contributed by atoms with Crippen LogP contribution in [0.15, 0.2) is 4.52 Å². The minimum Gasteiger partial charge on any atom is -0.341 e. The average molecular weight is 344 g/mol. The van der Waals surface area contributed by atoms with Crippen LogP contribution in [0.5, 0.6) is 0 Å². The molecule has 0 aromatic carbocycles. The van der Waals surface area contributed by atoms with Gasteiger partial charge in [-0.15, -0.1) is 0 Å². The molecule has 0 N–H and O–H groups in total. The van der Waals surface area contributed by atoms with E-state index in [2.05, 4.69) is 10.1 Å². The van der Waals surface area contributed by atoms with Gasteiger partial charge in [0.05, 0.1) is 5.92 Å². The van der Waals surface area contributed by atoms with E-state index >= 15 is 0 Å². The van der Waals surface area contributed by atoms with Crippen molar-refractivity contribution in [3.8, 4) is 0 Å². The second-order valence-electron chi connectivity index (χ2n) is 5.70. The standard InChI is InChI=1S/C14H24N4O4S/c1-4-18(5-2)23(20,21)10-13(19)17-8-6-7-12(9-17)14-15-11(3)16-22-14/h12H,4-10H2,1-3H3/t12-/m0/s1. The number of aryl methyl sites for hydroxylation is 1. The zero-order valence-electron chi connectivity index (χ0n) is 13.9. The first-order valence-electron chi connectivity index (χ1n) is 7.93. The zero-order chi connectivity index (χ0) is 17.0. The van der Waals surface area contributed by atoms with Gasteiger partial charge in [0.25, 0.3) is 0 Å². The van der Waals surface area contributed by atoms with Gasteiger partial charge in [0.15, 0.2) is 5.82 Å². The van der Waals surface area contributed by atoms with E-state index in [4.69, 9.17) is 4.52 Å². The van der Waals surface area contributed by atoms with E-state index in [1.807, 2.05) is 0 Å². The monoisotopic (exact) mass is 344 g/mol. The Morgan fingerprint density at radius 2 is 2.09 bits per heavy atom. The van der Waals surface area contributed by atoms with Crippen LogP contribution in [0.3, 0.4) is 0 Å². The third kappa shape index (κ3) is 4.29. The van der Waals surface area contributed by atoms with Crippen LogP contribution in [0, 0.1) is 6.92 Å². The molecule has 9 heteroatoms. The summed E-state index contributed by atoms with van der Waals surface area (Å²) >= 11 is 0. The molecule has 8 nitrogen and oxygen atoms in total. The lowest BCUT2D eigenvalue weighted by Gasteiger charge is -2.31. The SMILES string of the molecule is CCN(CC)S(=O)(=O)CC(=O)N1CCC[C@H](c2nc(C)no2)C1. The Morgan fingerprint density at radius 3 is 2.65 bits per heavy atom. The fraction of sp³-hybridized carbons (Fsp3) is 0.786. The van der Waals surface area contributed by atoms with Crippen molar-refractivity contribution in [2.24, 2.45) is 0 Å². The first kappa shape index (κ1) is 17.9. The molecule has 1 aromatic rings. The zero-order valence-corrected chi connectivity index (χ0v) is 14.7. The summed E-state index contributed by atoms with van der Waals surface area (Å²) in [6.07, 6.45) is 1.65. The summed E-state index contributed by atoms with van der Waals surface area (Å²) in [6, 6.07) is 0. The van der Waals surface area contributed by atoms with E-state index < -0.39 is 15.8 Å². The fourth-order valence-electron chi connectivity index (χ4n) is 2.84. The van der Waals surface area contributed by atoms with Crippen molar-refractivity contribution < 1.29 is 17.7 Å². The number of hydrogen-bond donors (Lipinski definition) is 0. The van der Waals surface area contributed by atoms with Crippen LogP contribution in [-0.2, 0) is 14.8 Å². The van der Waals surface area contributed by atoms with Crippen molar-refractivity contribution >= 4 is 15.9 Å². The number of amides is 1. The number of carbonyl (C=O) groups excluding carboxylic acids is 1. The largest absolute Gasteiger partial charge is 0.341 e. The highest BCUT2D eigenvalue weighted by Crippen LogP contribution is 2.25. The van der Waals surface area contributed by atoms with E-state index in [-0.39, 0.29) is 11.8 Å². The minimum absolute atomic E-state index is 0.0231. The maximum absolute atomic E-state index is 12.4. The quantitative estimate of drug-likeness (QED) is 0.756. The second-order valence-corrected chi connectivity index (χ2v) is 7.67. The molecule has 130 valence electrons. The van der Waals surface area contributed by atoms with Gasteiger partial charge >= 0.3 is 0 Å². The van der Waals surface area contributed by atoms with Gasteiger partial charge in [-0.25, -0.2) is 12.7 Å². The highest BCUT2D eigenvalue weighted by molar-refractivity contribution is 7.89. The van der Waals surface area contributed by atoms with Crippen LogP contribution in [0.25, 0.3) is 0 Å². The maximum atomic E-state index is 12.4. The van der Waals surface area contributed by atoms with Crippen molar-refractivity contribution in [3.63, 3.8) is 0 Å². The van der Waals surface area contributed by atoms with Crippen molar-refractivity contribution in [3.05, 3.63) is 11.7 Å². The van der Waals surface area contributed by atoms with Gasteiger partial charge in [0, 0.05) is 26.2 Å². The highest BCUT2D eigenvalue weighted by atomic mass is 32.2. The molecule has 0 aliphatic carbocycles. The van der Waals surface area contributed by atoms with Crippen LogP contribution < -0.4 is 0 Å². The summed E-state index contributed by atoms with van der Waals surface area (Å²) in [5, 5.41) is 3.77. The Kier molecular flexibility index (Phi) is 5.74. The van der Waals surface area contributed by atoms with Gasteiger partial charge in [0.2, 0.25) is 21.8 Å². The van der Waals surface area contributed by atoms with Gasteiger partial charge < -0.3 is 9.42 Å². The molecule has 1 aliphatic rings. The van der Waals surface area contributed by atoms with Crippen LogP contribution in [-0.4, -0.2) is 65.6 Å². The minimum atomic E-state index is -3.56. The Balaban J connectivity index is 2.02. The number of hydrogen-bond acceptors (Lipinski definition) is 6. The fourth-order valence-corrected chi connectivity index (χ4v) is 4.30. The van der Waals surface area contributed by atoms with Crippen molar-refractivity contribution in [2.75, 3.05) is 31.9 Å². The van der Waals surface area contributed by atoms with Gasteiger partial charge in [0.1, 0.15) is 5.75 Å². The molecule has 2 rings (SSSR count). The highest BCUT2D eigenvalue weighted by Gasteiger charge is 2.31. The molecule has 1 atom stereocenters. The number of piperidine rings is 1. The predicted molar refractivity (Wildman–Crippen MR) is 84.3 cm³/mol. The third-order valence-corrected chi connectivity index (χ3v) is 5.99. The molecule has 1 fully saturated rings. The molecular weight excluding hydrogens is 320 g/mol. The van der Waals surface area contributed by atoms with Gasteiger partial charge in [-0.1, -0.05) is 19.0 Å². The summed E-state index contributed by atoms with van der Waals surface area (Å²) in [6.45, 7) is 7.01. The molecule has 1 amide bonds. The summed E-state index contributed by atoms with van der Waals surface area (Å²) in [4.78, 5) is 18.2. The molecule has 1 saturated heterocycles. The third-order valence-electron chi connectivity index (χ3n) is 4.07. The predicted octanol–water partition coefficient (Wildman–Crippen LogP) is 0.756. The first-order chi connectivity index (χ1) is 10.9. The number of carbonyl (C=O) groups is 1. The Labute approximate surface area is 136 Å². The van der Waals surface area contributed by atoms with Crippen LogP contribution in [0.4, 0.5) is 0 Å². The van der Waals surface area contributed by atoms with Crippen LogP contribution >= 0.6 is 0 Å². The number of likely N-dealkylation sites (tertiary alicyclic amines) is 1. The summed E-state index contributed by atoms with van der Waals surface area (Å²) in [7, 11) is -3.56. The maximum Gasteiger partial charge on any atom is 0.239 e. The van der Waals surface area contributed by atoms with E-state index in [1.165, 1.54) is 4.31 Å². The lowest BCUT2D eigenvalue weighted by atomic mass is 9.98. The topological polar surface area (TPSA) is 96.6 Å². The molecule has 0 saturated carbocycles. The lowest BCUT2D eigenvalue weighted by molar-refractivity contribution is -0.129. The van der Waals surface area contributed by atoms with E-state index in [0.29, 0.717) is 37.9 Å². The molecule has 0 bridgehead atoms. The summed E-state index contributed by atoms with van der Waals surface area (Å²) < 4.78 is 31.0. The average Bonchev–Trinajstić information content (AvgIpc) is 2.94. The number of rotatable bonds is 6. The Bertz CT molecular complexity index is 639.